The maximum Gasteiger partial charge on any atom is 0.142 e. The van der Waals surface area contributed by atoms with Crippen LogP contribution in [0.2, 0.25) is 0 Å². The molecule has 0 aliphatic rings. The van der Waals surface area contributed by atoms with Crippen molar-refractivity contribution in [3.63, 3.8) is 0 Å². The van der Waals surface area contributed by atoms with Crippen molar-refractivity contribution >= 4 is 16.6 Å². The highest BCUT2D eigenvalue weighted by Gasteiger charge is 2.27. The Morgan fingerprint density at radius 1 is 0.750 bits per heavy atom. The molecule has 5 aromatic rings. The molecule has 1 heterocycles. The minimum absolute atomic E-state index is 0.0204. The van der Waals surface area contributed by atoms with Crippen LogP contribution in [0.3, 0.4) is 0 Å². The molecule has 1 atom stereocenters. The van der Waals surface area contributed by atoms with Crippen LogP contribution >= 0.6 is 0 Å². The first-order valence-electron chi connectivity index (χ1n) is 10.8. The molecule has 0 spiro atoms. The van der Waals surface area contributed by atoms with Gasteiger partial charge in [0.1, 0.15) is 5.75 Å². The molecule has 0 fully saturated rings. The van der Waals surface area contributed by atoms with Crippen LogP contribution in [0.5, 0.6) is 5.75 Å². The third-order valence-electron chi connectivity index (χ3n) is 6.21. The summed E-state index contributed by atoms with van der Waals surface area (Å²) in [5.41, 5.74) is 14.1. The Morgan fingerprint density at radius 2 is 1.41 bits per heavy atom. The van der Waals surface area contributed by atoms with Gasteiger partial charge in [-0.3, -0.25) is 0 Å². The third kappa shape index (κ3) is 3.32. The maximum atomic E-state index is 6.16. The summed E-state index contributed by atoms with van der Waals surface area (Å²) < 4.78 is 7.89. The molecule has 0 amide bonds. The van der Waals surface area contributed by atoms with Crippen molar-refractivity contribution in [3.05, 3.63) is 120 Å². The molecule has 3 heteroatoms. The van der Waals surface area contributed by atoms with Gasteiger partial charge in [-0.1, -0.05) is 84.9 Å². The average molecular weight is 419 g/mol. The number of aryl methyl sites for hydroxylation is 1. The van der Waals surface area contributed by atoms with Crippen LogP contribution in [0, 0.1) is 0 Å². The molecule has 0 aliphatic heterocycles. The van der Waals surface area contributed by atoms with Crippen molar-refractivity contribution in [1.29, 1.82) is 0 Å². The van der Waals surface area contributed by atoms with E-state index in [1.165, 1.54) is 33.3 Å². The second-order valence-corrected chi connectivity index (χ2v) is 8.05. The second-order valence-electron chi connectivity index (χ2n) is 8.05. The zero-order valence-electron chi connectivity index (χ0n) is 18.3. The van der Waals surface area contributed by atoms with Crippen LogP contribution in [-0.4, -0.2) is 11.7 Å². The fraction of sp³-hybridized carbons (Fsp3) is 0.103. The predicted octanol–water partition coefficient (Wildman–Crippen LogP) is 6.62. The predicted molar refractivity (Wildman–Crippen MR) is 133 cm³/mol. The molecule has 158 valence electrons. The number of para-hydroxylation sites is 1. The van der Waals surface area contributed by atoms with Crippen molar-refractivity contribution < 1.29 is 4.74 Å². The molecule has 2 N–H and O–H groups in total. The Hall–Kier alpha value is -3.98. The van der Waals surface area contributed by atoms with Crippen molar-refractivity contribution in [2.75, 3.05) is 12.8 Å². The largest absolute Gasteiger partial charge is 0.495 e. The first-order chi connectivity index (χ1) is 15.7. The SMILES string of the molecule is COc1cc(C(c2ccccc2)c2c(-c3ccccc3)n(C)c3ccccc23)ccc1N. The van der Waals surface area contributed by atoms with E-state index < -0.39 is 0 Å². The molecule has 1 unspecified atom stereocenters. The van der Waals surface area contributed by atoms with Crippen molar-refractivity contribution in [3.8, 4) is 17.0 Å². The smallest absolute Gasteiger partial charge is 0.142 e. The zero-order valence-corrected chi connectivity index (χ0v) is 18.3. The molecular formula is C29H26N2O. The Morgan fingerprint density at radius 3 is 2.12 bits per heavy atom. The van der Waals surface area contributed by atoms with Gasteiger partial charge in [-0.15, -0.1) is 0 Å². The normalized spacial score (nSPS) is 12.1. The number of hydrogen-bond donors (Lipinski definition) is 1. The van der Waals surface area contributed by atoms with Gasteiger partial charge in [-0.2, -0.15) is 0 Å². The van der Waals surface area contributed by atoms with Crippen molar-refractivity contribution in [1.82, 2.24) is 4.57 Å². The molecule has 0 aliphatic carbocycles. The molecule has 32 heavy (non-hydrogen) atoms. The van der Waals surface area contributed by atoms with Gasteiger partial charge in [-0.25, -0.2) is 0 Å². The van der Waals surface area contributed by atoms with Gasteiger partial charge in [0.2, 0.25) is 0 Å². The van der Waals surface area contributed by atoms with E-state index in [4.69, 9.17) is 10.5 Å². The lowest BCUT2D eigenvalue weighted by molar-refractivity contribution is 0.416. The van der Waals surface area contributed by atoms with E-state index >= 15 is 0 Å². The number of aromatic nitrogens is 1. The quantitative estimate of drug-likeness (QED) is 0.326. The van der Waals surface area contributed by atoms with Gasteiger partial charge in [0.25, 0.3) is 0 Å². The first-order valence-corrected chi connectivity index (χ1v) is 10.8. The molecule has 3 nitrogen and oxygen atoms in total. The van der Waals surface area contributed by atoms with Gasteiger partial charge in [-0.05, 0) is 40.5 Å². The first kappa shape index (κ1) is 20.0. The highest BCUT2D eigenvalue weighted by Crippen LogP contribution is 2.44. The van der Waals surface area contributed by atoms with E-state index in [1.807, 2.05) is 6.07 Å². The molecule has 0 saturated heterocycles. The summed E-state index contributed by atoms with van der Waals surface area (Å²) in [5.74, 6) is 0.719. The number of nitrogens with two attached hydrogens (primary N) is 1. The number of ether oxygens (including phenoxy) is 1. The fourth-order valence-corrected chi connectivity index (χ4v) is 4.74. The average Bonchev–Trinajstić information content (AvgIpc) is 3.14. The zero-order chi connectivity index (χ0) is 22.1. The minimum Gasteiger partial charge on any atom is -0.495 e. The van der Waals surface area contributed by atoms with Crippen molar-refractivity contribution in [2.24, 2.45) is 7.05 Å². The van der Waals surface area contributed by atoms with Gasteiger partial charge >= 0.3 is 0 Å². The summed E-state index contributed by atoms with van der Waals surface area (Å²) in [6, 6.07) is 36.1. The summed E-state index contributed by atoms with van der Waals surface area (Å²) in [6.45, 7) is 0. The minimum atomic E-state index is 0.0204. The van der Waals surface area contributed by atoms with Crippen LogP contribution in [0.4, 0.5) is 5.69 Å². The number of nitrogens with zero attached hydrogens (tertiary/aromatic N) is 1. The van der Waals surface area contributed by atoms with E-state index in [0.717, 1.165) is 5.56 Å². The summed E-state index contributed by atoms with van der Waals surface area (Å²) in [6.07, 6.45) is 0. The van der Waals surface area contributed by atoms with Crippen LogP contribution in [0.25, 0.3) is 22.2 Å². The van der Waals surface area contributed by atoms with Gasteiger partial charge in [0.05, 0.1) is 18.5 Å². The monoisotopic (exact) mass is 418 g/mol. The number of nitrogen functional groups attached to an aromatic ring is 1. The third-order valence-corrected chi connectivity index (χ3v) is 6.21. The molecular weight excluding hydrogens is 392 g/mol. The Bertz CT molecular complexity index is 1370. The van der Waals surface area contributed by atoms with Crippen LogP contribution in [-0.2, 0) is 7.05 Å². The second kappa shape index (κ2) is 8.27. The van der Waals surface area contributed by atoms with E-state index in [2.05, 4.69) is 109 Å². The summed E-state index contributed by atoms with van der Waals surface area (Å²) in [7, 11) is 3.82. The fourth-order valence-electron chi connectivity index (χ4n) is 4.74. The highest BCUT2D eigenvalue weighted by atomic mass is 16.5. The molecule has 0 radical (unpaired) electrons. The summed E-state index contributed by atoms with van der Waals surface area (Å²) in [4.78, 5) is 0. The molecule has 5 rings (SSSR count). The Balaban J connectivity index is 1.88. The van der Waals surface area contributed by atoms with E-state index in [9.17, 15) is 0 Å². The standard InChI is InChI=1S/C29H26N2O/c1-31-25-16-10-9-15-23(25)28(29(31)21-13-7-4-8-14-21)27(20-11-5-3-6-12-20)22-17-18-24(30)26(19-22)32-2/h3-19,27H,30H2,1-2H3. The van der Waals surface area contributed by atoms with E-state index in [-0.39, 0.29) is 5.92 Å². The van der Waals surface area contributed by atoms with Crippen LogP contribution in [0.15, 0.2) is 103 Å². The number of benzene rings is 4. The van der Waals surface area contributed by atoms with Crippen molar-refractivity contribution in [2.45, 2.75) is 5.92 Å². The van der Waals surface area contributed by atoms with Crippen LogP contribution in [0.1, 0.15) is 22.6 Å². The lowest BCUT2D eigenvalue weighted by Gasteiger charge is -2.22. The number of methoxy groups -OCH3 is 1. The van der Waals surface area contributed by atoms with Gasteiger partial charge in [0, 0.05) is 23.9 Å². The summed E-state index contributed by atoms with van der Waals surface area (Å²) >= 11 is 0. The lowest BCUT2D eigenvalue weighted by Crippen LogP contribution is -2.06. The number of hydrogen-bond acceptors (Lipinski definition) is 2. The highest BCUT2D eigenvalue weighted by molar-refractivity contribution is 5.93. The lowest BCUT2D eigenvalue weighted by atomic mass is 9.82. The molecule has 4 aromatic carbocycles. The number of anilines is 1. The molecule has 0 bridgehead atoms. The molecule has 1 aromatic heterocycles. The number of rotatable bonds is 5. The Kier molecular flexibility index (Phi) is 5.16. The summed E-state index contributed by atoms with van der Waals surface area (Å²) in [5, 5.41) is 1.25. The Labute approximate surface area is 188 Å². The maximum absolute atomic E-state index is 6.16. The van der Waals surface area contributed by atoms with Gasteiger partial charge in [0.15, 0.2) is 0 Å². The van der Waals surface area contributed by atoms with Crippen LogP contribution < -0.4 is 10.5 Å². The number of fused-ring (bicyclic) bond motifs is 1. The van der Waals surface area contributed by atoms with E-state index in [0.29, 0.717) is 11.4 Å². The molecule has 0 saturated carbocycles. The van der Waals surface area contributed by atoms with Gasteiger partial charge < -0.3 is 15.0 Å². The van der Waals surface area contributed by atoms with E-state index in [1.54, 1.807) is 7.11 Å². The topological polar surface area (TPSA) is 40.2 Å².